The molecule has 6 heteroatoms. The predicted octanol–water partition coefficient (Wildman–Crippen LogP) is 2.16. The second-order valence-electron chi connectivity index (χ2n) is 4.19. The summed E-state index contributed by atoms with van der Waals surface area (Å²) in [7, 11) is 0. The second-order valence-corrected chi connectivity index (χ2v) is 5.11. The third-order valence-electron chi connectivity index (χ3n) is 2.84. The maximum absolute atomic E-state index is 11.0. The van der Waals surface area contributed by atoms with Gasteiger partial charge in [0, 0.05) is 36.2 Å². The van der Waals surface area contributed by atoms with Gasteiger partial charge < -0.3 is 10.2 Å². The fraction of sp³-hybridized carbons (Fsp3) is 0.455. The third kappa shape index (κ3) is 2.76. The molecule has 1 aromatic rings. The molecule has 1 aromatic carbocycles. The Bertz CT molecular complexity index is 439. The second kappa shape index (κ2) is 5.01. The highest BCUT2D eigenvalue weighted by atomic mass is 79.9. The standard InChI is InChI=1S/C11H14BrN3O2/c1-8-7-14(5-4-13-8)10-3-2-9(12)6-11(10)15(16)17/h2-3,6,8,13H,4-5,7H2,1H3/t8-/m0/s1. The van der Waals surface area contributed by atoms with E-state index in [1.807, 2.05) is 6.07 Å². The van der Waals surface area contributed by atoms with Crippen molar-refractivity contribution in [3.63, 3.8) is 0 Å². The van der Waals surface area contributed by atoms with Gasteiger partial charge in [0.15, 0.2) is 0 Å². The number of hydrogen-bond donors (Lipinski definition) is 1. The fourth-order valence-corrected chi connectivity index (χ4v) is 2.41. The molecule has 17 heavy (non-hydrogen) atoms. The Morgan fingerprint density at radius 2 is 2.35 bits per heavy atom. The molecule has 1 saturated heterocycles. The van der Waals surface area contributed by atoms with Crippen LogP contribution in [0.2, 0.25) is 0 Å². The minimum Gasteiger partial charge on any atom is -0.363 e. The molecule has 5 nitrogen and oxygen atoms in total. The number of hydrogen-bond acceptors (Lipinski definition) is 4. The molecule has 0 bridgehead atoms. The molecule has 0 unspecified atom stereocenters. The summed E-state index contributed by atoms with van der Waals surface area (Å²) < 4.78 is 0.733. The van der Waals surface area contributed by atoms with Crippen LogP contribution in [0.5, 0.6) is 0 Å². The van der Waals surface area contributed by atoms with E-state index < -0.39 is 0 Å². The smallest absolute Gasteiger partial charge is 0.293 e. The van der Waals surface area contributed by atoms with Gasteiger partial charge in [0.2, 0.25) is 0 Å². The van der Waals surface area contributed by atoms with Gasteiger partial charge >= 0.3 is 0 Å². The van der Waals surface area contributed by atoms with Crippen LogP contribution in [0, 0.1) is 10.1 Å². The van der Waals surface area contributed by atoms with Gasteiger partial charge in [0.05, 0.1) is 4.92 Å². The highest BCUT2D eigenvalue weighted by Crippen LogP contribution is 2.31. The van der Waals surface area contributed by atoms with Gasteiger partial charge in [0.25, 0.3) is 5.69 Å². The fourth-order valence-electron chi connectivity index (χ4n) is 2.06. The number of piperazine rings is 1. The summed E-state index contributed by atoms with van der Waals surface area (Å²) in [5, 5.41) is 14.4. The minimum absolute atomic E-state index is 0.161. The van der Waals surface area contributed by atoms with Crippen LogP contribution in [0.3, 0.4) is 0 Å². The first-order chi connectivity index (χ1) is 8.08. The average Bonchev–Trinajstić information content (AvgIpc) is 2.28. The lowest BCUT2D eigenvalue weighted by molar-refractivity contribution is -0.384. The minimum atomic E-state index is -0.327. The van der Waals surface area contributed by atoms with E-state index in [9.17, 15) is 10.1 Å². The monoisotopic (exact) mass is 299 g/mol. The Labute approximate surface area is 108 Å². The molecule has 0 spiro atoms. The van der Waals surface area contributed by atoms with Crippen molar-refractivity contribution in [2.24, 2.45) is 0 Å². The van der Waals surface area contributed by atoms with E-state index in [1.54, 1.807) is 12.1 Å². The SMILES string of the molecule is C[C@H]1CN(c2ccc(Br)cc2[N+](=O)[O-])CCN1. The number of halogens is 1. The number of nitrogens with zero attached hydrogens (tertiary/aromatic N) is 2. The largest absolute Gasteiger partial charge is 0.363 e. The Hall–Kier alpha value is -1.14. The summed E-state index contributed by atoms with van der Waals surface area (Å²) in [4.78, 5) is 12.8. The van der Waals surface area contributed by atoms with Crippen molar-refractivity contribution >= 4 is 27.3 Å². The van der Waals surface area contributed by atoms with Crippen molar-refractivity contribution in [3.8, 4) is 0 Å². The molecule has 2 rings (SSSR count). The lowest BCUT2D eigenvalue weighted by atomic mass is 10.2. The van der Waals surface area contributed by atoms with Crippen LogP contribution < -0.4 is 10.2 Å². The van der Waals surface area contributed by atoms with E-state index in [0.717, 1.165) is 24.1 Å². The summed E-state index contributed by atoms with van der Waals surface area (Å²) in [5.41, 5.74) is 0.861. The Morgan fingerprint density at radius 1 is 1.59 bits per heavy atom. The number of benzene rings is 1. The van der Waals surface area contributed by atoms with Crippen LogP contribution in [-0.2, 0) is 0 Å². The topological polar surface area (TPSA) is 58.4 Å². The van der Waals surface area contributed by atoms with Crippen molar-refractivity contribution in [3.05, 3.63) is 32.8 Å². The lowest BCUT2D eigenvalue weighted by Crippen LogP contribution is -2.49. The molecule has 1 aliphatic heterocycles. The summed E-state index contributed by atoms with van der Waals surface area (Å²) >= 11 is 3.27. The highest BCUT2D eigenvalue weighted by molar-refractivity contribution is 9.10. The molecule has 1 atom stereocenters. The molecule has 1 aliphatic rings. The van der Waals surface area contributed by atoms with Gasteiger partial charge in [-0.05, 0) is 19.1 Å². The molecule has 0 amide bonds. The van der Waals surface area contributed by atoms with Crippen LogP contribution in [0.4, 0.5) is 11.4 Å². The predicted molar refractivity (Wildman–Crippen MR) is 70.5 cm³/mol. The Balaban J connectivity index is 2.33. The molecule has 0 saturated carbocycles. The van der Waals surface area contributed by atoms with E-state index in [0.29, 0.717) is 11.7 Å². The van der Waals surface area contributed by atoms with Crippen LogP contribution >= 0.6 is 15.9 Å². The highest BCUT2D eigenvalue weighted by Gasteiger charge is 2.23. The first-order valence-corrected chi connectivity index (χ1v) is 6.29. The van der Waals surface area contributed by atoms with Gasteiger partial charge in [-0.15, -0.1) is 0 Å². The van der Waals surface area contributed by atoms with E-state index in [-0.39, 0.29) is 10.6 Å². The van der Waals surface area contributed by atoms with E-state index in [2.05, 4.69) is 33.1 Å². The van der Waals surface area contributed by atoms with Gasteiger partial charge in [-0.1, -0.05) is 15.9 Å². The number of rotatable bonds is 2. The van der Waals surface area contributed by atoms with Crippen LogP contribution in [0.15, 0.2) is 22.7 Å². The molecule has 1 N–H and O–H groups in total. The number of anilines is 1. The maximum Gasteiger partial charge on any atom is 0.293 e. The molecule has 0 aliphatic carbocycles. The van der Waals surface area contributed by atoms with Crippen molar-refractivity contribution in [2.75, 3.05) is 24.5 Å². The zero-order valence-electron chi connectivity index (χ0n) is 9.52. The first-order valence-electron chi connectivity index (χ1n) is 5.50. The summed E-state index contributed by atoms with van der Waals surface area (Å²) in [5.74, 6) is 0. The summed E-state index contributed by atoms with van der Waals surface area (Å²) in [6.07, 6.45) is 0. The average molecular weight is 300 g/mol. The van der Waals surface area contributed by atoms with Gasteiger partial charge in [-0.3, -0.25) is 10.1 Å². The van der Waals surface area contributed by atoms with Crippen LogP contribution in [0.25, 0.3) is 0 Å². The number of nitro benzene ring substituents is 1. The quantitative estimate of drug-likeness (QED) is 0.671. The van der Waals surface area contributed by atoms with Gasteiger partial charge in [-0.2, -0.15) is 0 Å². The molecular weight excluding hydrogens is 286 g/mol. The summed E-state index contributed by atoms with van der Waals surface area (Å²) in [6, 6.07) is 5.56. The maximum atomic E-state index is 11.0. The molecule has 0 aromatic heterocycles. The van der Waals surface area contributed by atoms with Crippen molar-refractivity contribution in [1.29, 1.82) is 0 Å². The zero-order valence-corrected chi connectivity index (χ0v) is 11.1. The van der Waals surface area contributed by atoms with E-state index in [1.165, 1.54) is 0 Å². The molecule has 1 fully saturated rings. The van der Waals surface area contributed by atoms with Crippen LogP contribution in [0.1, 0.15) is 6.92 Å². The normalized spacial score (nSPS) is 20.4. The van der Waals surface area contributed by atoms with Crippen molar-refractivity contribution in [2.45, 2.75) is 13.0 Å². The van der Waals surface area contributed by atoms with E-state index >= 15 is 0 Å². The van der Waals surface area contributed by atoms with E-state index in [4.69, 9.17) is 0 Å². The van der Waals surface area contributed by atoms with Gasteiger partial charge in [0.1, 0.15) is 5.69 Å². The Kier molecular flexibility index (Phi) is 3.63. The molecule has 92 valence electrons. The van der Waals surface area contributed by atoms with Crippen molar-refractivity contribution < 1.29 is 4.92 Å². The number of nitrogens with one attached hydrogen (secondary N) is 1. The third-order valence-corrected chi connectivity index (χ3v) is 3.34. The lowest BCUT2D eigenvalue weighted by Gasteiger charge is -2.33. The zero-order chi connectivity index (χ0) is 12.4. The molecule has 0 radical (unpaired) electrons. The van der Waals surface area contributed by atoms with Crippen molar-refractivity contribution in [1.82, 2.24) is 5.32 Å². The molecular formula is C11H14BrN3O2. The van der Waals surface area contributed by atoms with Gasteiger partial charge in [-0.25, -0.2) is 0 Å². The summed E-state index contributed by atoms with van der Waals surface area (Å²) in [6.45, 7) is 4.53. The Morgan fingerprint density at radius 3 is 3.00 bits per heavy atom. The molecule has 1 heterocycles. The first kappa shape index (κ1) is 12.3. The number of nitro groups is 1. The van der Waals surface area contributed by atoms with Crippen LogP contribution in [-0.4, -0.2) is 30.6 Å².